The number of rotatable bonds is 4. The third-order valence-electron chi connectivity index (χ3n) is 6.14. The van der Waals surface area contributed by atoms with Crippen molar-refractivity contribution in [3.05, 3.63) is 59.2 Å². The summed E-state index contributed by atoms with van der Waals surface area (Å²) in [7, 11) is 0. The Bertz CT molecular complexity index is 687. The van der Waals surface area contributed by atoms with Crippen LogP contribution in [0.1, 0.15) is 70.6 Å². The van der Waals surface area contributed by atoms with Crippen LogP contribution in [0.5, 0.6) is 0 Å². The first-order valence-electron chi connectivity index (χ1n) is 8.75. The molecule has 0 nitrogen and oxygen atoms in total. The van der Waals surface area contributed by atoms with Crippen LogP contribution in [0.2, 0.25) is 0 Å². The molecule has 0 aliphatic heterocycles. The second kappa shape index (κ2) is 5.26. The van der Waals surface area contributed by atoms with E-state index in [4.69, 9.17) is 0 Å². The lowest BCUT2D eigenvalue weighted by molar-refractivity contribution is 0.481. The lowest BCUT2D eigenvalue weighted by Crippen LogP contribution is -2.24. The van der Waals surface area contributed by atoms with Gasteiger partial charge in [0.2, 0.25) is 0 Å². The van der Waals surface area contributed by atoms with E-state index in [-0.39, 0.29) is 10.8 Å². The summed E-state index contributed by atoms with van der Waals surface area (Å²) >= 11 is 0. The summed E-state index contributed by atoms with van der Waals surface area (Å²) in [5, 5.41) is 0. The van der Waals surface area contributed by atoms with Crippen LogP contribution >= 0.6 is 0 Å². The fourth-order valence-corrected chi connectivity index (χ4v) is 4.09. The smallest absolute Gasteiger partial charge is 0.0210 e. The number of fused-ring (bicyclic) bond motifs is 3. The van der Waals surface area contributed by atoms with Crippen molar-refractivity contribution >= 4 is 0 Å². The van der Waals surface area contributed by atoms with Crippen molar-refractivity contribution in [2.75, 3.05) is 0 Å². The van der Waals surface area contributed by atoms with E-state index in [1.807, 2.05) is 0 Å². The van der Waals surface area contributed by atoms with E-state index >= 15 is 0 Å². The maximum Gasteiger partial charge on any atom is 0.0210 e. The minimum atomic E-state index is 0.200. The van der Waals surface area contributed by atoms with E-state index in [0.29, 0.717) is 0 Å². The molecule has 3 rings (SSSR count). The summed E-state index contributed by atoms with van der Waals surface area (Å²) in [4.78, 5) is 0. The van der Waals surface area contributed by atoms with Crippen LogP contribution in [0.4, 0.5) is 0 Å². The molecule has 0 N–H and O–H groups in total. The summed E-state index contributed by atoms with van der Waals surface area (Å²) in [5.74, 6) is 0. The highest BCUT2D eigenvalue weighted by Gasteiger charge is 2.40. The molecule has 0 saturated heterocycles. The zero-order chi connectivity index (χ0) is 16.0. The Kier molecular flexibility index (Phi) is 3.67. The van der Waals surface area contributed by atoms with Gasteiger partial charge in [0.1, 0.15) is 0 Å². The molecular formula is C22H28. The van der Waals surface area contributed by atoms with Gasteiger partial charge in [-0.15, -0.1) is 0 Å². The van der Waals surface area contributed by atoms with Gasteiger partial charge in [0.05, 0.1) is 0 Å². The molecular weight excluding hydrogens is 264 g/mol. The third kappa shape index (κ3) is 1.96. The van der Waals surface area contributed by atoms with Crippen LogP contribution < -0.4 is 0 Å². The normalized spacial score (nSPS) is 15.5. The zero-order valence-electron chi connectivity index (χ0n) is 14.7. The monoisotopic (exact) mass is 292 g/mol. The predicted octanol–water partition coefficient (Wildman–Crippen LogP) is 6.46. The van der Waals surface area contributed by atoms with Gasteiger partial charge in [-0.2, -0.15) is 0 Å². The fraction of sp³-hybridized carbons (Fsp3) is 0.455. The topological polar surface area (TPSA) is 0 Å². The maximum absolute atomic E-state index is 2.51. The Balaban J connectivity index is 2.28. The van der Waals surface area contributed by atoms with Gasteiger partial charge in [0, 0.05) is 5.41 Å². The van der Waals surface area contributed by atoms with Gasteiger partial charge in [-0.25, -0.2) is 0 Å². The minimum Gasteiger partial charge on any atom is -0.0646 e. The van der Waals surface area contributed by atoms with E-state index in [1.54, 1.807) is 5.56 Å². The standard InChI is InChI=1S/C22H28/c1-6-21(4,5)16-13-14-18-17-11-9-10-12-19(17)22(7-2,8-3)20(18)15-16/h9-15H,6-8H2,1-5H3. The van der Waals surface area contributed by atoms with Crippen LogP contribution in [0.25, 0.3) is 11.1 Å². The molecule has 0 fully saturated rings. The zero-order valence-corrected chi connectivity index (χ0v) is 14.7. The first kappa shape index (κ1) is 15.3. The Morgan fingerprint density at radius 3 is 2.09 bits per heavy atom. The van der Waals surface area contributed by atoms with Crippen molar-refractivity contribution < 1.29 is 0 Å². The highest BCUT2D eigenvalue weighted by Crippen LogP contribution is 2.53. The van der Waals surface area contributed by atoms with E-state index in [1.165, 1.54) is 41.5 Å². The highest BCUT2D eigenvalue weighted by atomic mass is 14.4. The average Bonchev–Trinajstić information content (AvgIpc) is 2.84. The van der Waals surface area contributed by atoms with Gasteiger partial charge in [0.25, 0.3) is 0 Å². The van der Waals surface area contributed by atoms with Gasteiger partial charge in [-0.3, -0.25) is 0 Å². The van der Waals surface area contributed by atoms with E-state index in [0.717, 1.165) is 0 Å². The molecule has 0 aromatic heterocycles. The maximum atomic E-state index is 2.51. The van der Waals surface area contributed by atoms with Crippen molar-refractivity contribution in [2.24, 2.45) is 0 Å². The summed E-state index contributed by atoms with van der Waals surface area (Å²) in [6, 6.07) is 16.2. The molecule has 116 valence electrons. The largest absolute Gasteiger partial charge is 0.0646 e. The Labute approximate surface area is 135 Å². The second-order valence-corrected chi connectivity index (χ2v) is 7.33. The molecule has 0 amide bonds. The number of hydrogen-bond donors (Lipinski definition) is 0. The molecule has 0 spiro atoms. The van der Waals surface area contributed by atoms with Crippen LogP contribution in [-0.2, 0) is 10.8 Å². The molecule has 22 heavy (non-hydrogen) atoms. The summed E-state index contributed by atoms with van der Waals surface area (Å²) in [6.45, 7) is 11.7. The fourth-order valence-electron chi connectivity index (χ4n) is 4.09. The van der Waals surface area contributed by atoms with Gasteiger partial charge < -0.3 is 0 Å². The highest BCUT2D eigenvalue weighted by molar-refractivity contribution is 5.81. The molecule has 0 saturated carbocycles. The molecule has 0 heteroatoms. The van der Waals surface area contributed by atoms with Gasteiger partial charge in [0.15, 0.2) is 0 Å². The summed E-state index contributed by atoms with van der Waals surface area (Å²) in [6.07, 6.45) is 3.51. The van der Waals surface area contributed by atoms with Crippen molar-refractivity contribution in [3.8, 4) is 11.1 Å². The van der Waals surface area contributed by atoms with Crippen molar-refractivity contribution in [3.63, 3.8) is 0 Å². The van der Waals surface area contributed by atoms with E-state index in [2.05, 4.69) is 77.1 Å². The first-order valence-corrected chi connectivity index (χ1v) is 8.75. The van der Waals surface area contributed by atoms with E-state index < -0.39 is 0 Å². The van der Waals surface area contributed by atoms with Crippen LogP contribution in [0.15, 0.2) is 42.5 Å². The predicted molar refractivity (Wildman–Crippen MR) is 96.6 cm³/mol. The minimum absolute atomic E-state index is 0.200. The molecule has 0 bridgehead atoms. The Morgan fingerprint density at radius 1 is 0.818 bits per heavy atom. The van der Waals surface area contributed by atoms with Crippen molar-refractivity contribution in [1.82, 2.24) is 0 Å². The second-order valence-electron chi connectivity index (χ2n) is 7.33. The molecule has 2 aromatic carbocycles. The number of benzene rings is 2. The van der Waals surface area contributed by atoms with Gasteiger partial charge in [-0.1, -0.05) is 77.1 Å². The average molecular weight is 292 g/mol. The molecule has 0 unspecified atom stereocenters. The SMILES string of the molecule is CCC(C)(C)c1ccc2c(c1)C(CC)(CC)c1ccccc1-2. The lowest BCUT2D eigenvalue weighted by Gasteiger charge is -2.31. The molecule has 2 aromatic rings. The molecule has 1 aliphatic carbocycles. The molecule has 1 aliphatic rings. The summed E-state index contributed by atoms with van der Waals surface area (Å²) < 4.78 is 0. The Hall–Kier alpha value is -1.56. The Morgan fingerprint density at radius 2 is 1.45 bits per heavy atom. The van der Waals surface area contributed by atoms with E-state index in [9.17, 15) is 0 Å². The lowest BCUT2D eigenvalue weighted by atomic mass is 9.72. The van der Waals surface area contributed by atoms with Crippen molar-refractivity contribution in [1.29, 1.82) is 0 Å². The van der Waals surface area contributed by atoms with Gasteiger partial charge >= 0.3 is 0 Å². The van der Waals surface area contributed by atoms with Crippen LogP contribution in [0, 0.1) is 0 Å². The van der Waals surface area contributed by atoms with Gasteiger partial charge in [-0.05, 0) is 52.5 Å². The van der Waals surface area contributed by atoms with Crippen LogP contribution in [0.3, 0.4) is 0 Å². The first-order chi connectivity index (χ1) is 10.5. The third-order valence-corrected chi connectivity index (χ3v) is 6.14. The number of hydrogen-bond acceptors (Lipinski definition) is 0. The molecule has 0 atom stereocenters. The summed E-state index contributed by atoms with van der Waals surface area (Å²) in [5.41, 5.74) is 7.91. The van der Waals surface area contributed by atoms with Crippen LogP contribution in [-0.4, -0.2) is 0 Å². The molecule has 0 heterocycles. The van der Waals surface area contributed by atoms with Crippen molar-refractivity contribution in [2.45, 2.75) is 64.7 Å². The quantitative estimate of drug-likeness (QED) is 0.606. The molecule has 0 radical (unpaired) electrons.